The molecule has 1 aromatic rings. The second kappa shape index (κ2) is 5.03. The van der Waals surface area contributed by atoms with Gasteiger partial charge in [0.25, 0.3) is 0 Å². The highest BCUT2D eigenvalue weighted by Crippen LogP contribution is 2.25. The second-order valence-corrected chi connectivity index (χ2v) is 3.99. The normalized spacial score (nSPS) is 19.1. The number of nitrogens with zero attached hydrogens (tertiary/aromatic N) is 2. The predicted molar refractivity (Wildman–Crippen MR) is 60.1 cm³/mol. The molecule has 1 aliphatic rings. The van der Waals surface area contributed by atoms with E-state index < -0.39 is 0 Å². The molecule has 0 saturated carbocycles. The molecule has 0 spiro atoms. The zero-order valence-electron chi connectivity index (χ0n) is 8.89. The SMILES string of the molecule is NC(C1=CCCCCC1)c1cnccn1. The van der Waals surface area contributed by atoms with Crippen molar-refractivity contribution in [2.45, 2.75) is 38.1 Å². The second-order valence-electron chi connectivity index (χ2n) is 3.99. The Kier molecular flexibility index (Phi) is 3.45. The maximum absolute atomic E-state index is 6.17. The van der Waals surface area contributed by atoms with Gasteiger partial charge >= 0.3 is 0 Å². The summed E-state index contributed by atoms with van der Waals surface area (Å²) in [5.41, 5.74) is 8.38. The van der Waals surface area contributed by atoms with Crippen molar-refractivity contribution >= 4 is 0 Å². The van der Waals surface area contributed by atoms with Crippen LogP contribution >= 0.6 is 0 Å². The third-order valence-corrected chi connectivity index (χ3v) is 2.88. The maximum atomic E-state index is 6.17. The molecule has 1 aromatic heterocycles. The Labute approximate surface area is 90.4 Å². The predicted octanol–water partition coefficient (Wildman–Crippen LogP) is 2.37. The lowest BCUT2D eigenvalue weighted by molar-refractivity contribution is 0.681. The highest BCUT2D eigenvalue weighted by atomic mass is 14.8. The molecule has 1 unspecified atom stereocenters. The first-order valence-electron chi connectivity index (χ1n) is 5.58. The van der Waals surface area contributed by atoms with Crippen molar-refractivity contribution in [3.05, 3.63) is 35.9 Å². The molecular formula is C12H17N3. The van der Waals surface area contributed by atoms with Gasteiger partial charge in [0.05, 0.1) is 17.9 Å². The van der Waals surface area contributed by atoms with Gasteiger partial charge in [-0.2, -0.15) is 0 Å². The lowest BCUT2D eigenvalue weighted by Gasteiger charge is -2.13. The van der Waals surface area contributed by atoms with Gasteiger partial charge in [-0.1, -0.05) is 18.1 Å². The van der Waals surface area contributed by atoms with Gasteiger partial charge in [-0.3, -0.25) is 9.97 Å². The molecule has 1 atom stereocenters. The standard InChI is InChI=1S/C12H17N3/c13-12(11-9-14-7-8-15-11)10-5-3-1-2-4-6-10/h5,7-9,12H,1-4,6,13H2. The molecule has 0 saturated heterocycles. The van der Waals surface area contributed by atoms with E-state index in [1.807, 2.05) is 0 Å². The lowest BCUT2D eigenvalue weighted by Crippen LogP contribution is -2.15. The van der Waals surface area contributed by atoms with E-state index in [-0.39, 0.29) is 6.04 Å². The Balaban J connectivity index is 2.13. The Hall–Kier alpha value is -1.22. The van der Waals surface area contributed by atoms with E-state index in [4.69, 9.17) is 5.73 Å². The third-order valence-electron chi connectivity index (χ3n) is 2.88. The van der Waals surface area contributed by atoms with E-state index in [9.17, 15) is 0 Å². The Morgan fingerprint density at radius 3 is 2.93 bits per heavy atom. The van der Waals surface area contributed by atoms with Crippen molar-refractivity contribution in [1.29, 1.82) is 0 Å². The van der Waals surface area contributed by atoms with Gasteiger partial charge in [0.1, 0.15) is 0 Å². The minimum atomic E-state index is -0.0585. The van der Waals surface area contributed by atoms with Gasteiger partial charge in [-0.05, 0) is 25.7 Å². The number of allylic oxidation sites excluding steroid dienone is 1. The molecule has 15 heavy (non-hydrogen) atoms. The quantitative estimate of drug-likeness (QED) is 0.751. The van der Waals surface area contributed by atoms with Crippen LogP contribution in [0.1, 0.15) is 43.8 Å². The van der Waals surface area contributed by atoms with Gasteiger partial charge in [0, 0.05) is 12.4 Å². The van der Waals surface area contributed by atoms with Crippen molar-refractivity contribution in [2.24, 2.45) is 5.73 Å². The highest BCUT2D eigenvalue weighted by Gasteiger charge is 2.14. The molecule has 2 rings (SSSR count). The summed E-state index contributed by atoms with van der Waals surface area (Å²) in [4.78, 5) is 8.31. The Morgan fingerprint density at radius 2 is 2.13 bits per heavy atom. The van der Waals surface area contributed by atoms with E-state index in [0.717, 1.165) is 18.5 Å². The van der Waals surface area contributed by atoms with E-state index in [0.29, 0.717) is 0 Å². The largest absolute Gasteiger partial charge is 0.319 e. The van der Waals surface area contributed by atoms with Gasteiger partial charge in [0.2, 0.25) is 0 Å². The van der Waals surface area contributed by atoms with E-state index in [2.05, 4.69) is 16.0 Å². The first kappa shape index (κ1) is 10.3. The average molecular weight is 203 g/mol. The zero-order chi connectivity index (χ0) is 10.5. The van der Waals surface area contributed by atoms with Crippen LogP contribution in [0.5, 0.6) is 0 Å². The molecule has 1 aliphatic carbocycles. The number of aromatic nitrogens is 2. The van der Waals surface area contributed by atoms with Crippen LogP contribution in [0.2, 0.25) is 0 Å². The number of rotatable bonds is 2. The molecule has 0 bridgehead atoms. The summed E-state index contributed by atoms with van der Waals surface area (Å²) in [6.07, 6.45) is 13.5. The minimum absolute atomic E-state index is 0.0585. The van der Waals surface area contributed by atoms with Crippen LogP contribution in [-0.4, -0.2) is 9.97 Å². The smallest absolute Gasteiger partial charge is 0.0795 e. The van der Waals surface area contributed by atoms with Gasteiger partial charge in [0.15, 0.2) is 0 Å². The molecule has 3 nitrogen and oxygen atoms in total. The Bertz CT molecular complexity index is 332. The van der Waals surface area contributed by atoms with Crippen LogP contribution in [0.25, 0.3) is 0 Å². The van der Waals surface area contributed by atoms with Crippen molar-refractivity contribution in [3.63, 3.8) is 0 Å². The fourth-order valence-corrected chi connectivity index (χ4v) is 1.98. The fraction of sp³-hybridized carbons (Fsp3) is 0.500. The van der Waals surface area contributed by atoms with E-state index in [1.165, 1.54) is 24.8 Å². The first-order chi connectivity index (χ1) is 7.38. The molecule has 0 aromatic carbocycles. The minimum Gasteiger partial charge on any atom is -0.319 e. The van der Waals surface area contributed by atoms with Crippen LogP contribution in [0.15, 0.2) is 30.2 Å². The average Bonchev–Trinajstić information content (AvgIpc) is 2.58. The molecule has 0 aliphatic heterocycles. The number of nitrogens with two attached hydrogens (primary N) is 1. The molecule has 3 heteroatoms. The number of hydrogen-bond donors (Lipinski definition) is 1. The van der Waals surface area contributed by atoms with E-state index in [1.54, 1.807) is 18.6 Å². The van der Waals surface area contributed by atoms with Gasteiger partial charge in [-0.25, -0.2) is 0 Å². The summed E-state index contributed by atoms with van der Waals surface area (Å²) < 4.78 is 0. The topological polar surface area (TPSA) is 51.8 Å². The van der Waals surface area contributed by atoms with Crippen LogP contribution < -0.4 is 5.73 Å². The monoisotopic (exact) mass is 203 g/mol. The molecule has 0 amide bonds. The summed E-state index contributed by atoms with van der Waals surface area (Å²) in [5.74, 6) is 0. The molecular weight excluding hydrogens is 186 g/mol. The molecule has 80 valence electrons. The molecule has 0 fully saturated rings. The summed E-state index contributed by atoms with van der Waals surface area (Å²) in [6.45, 7) is 0. The third kappa shape index (κ3) is 2.63. The van der Waals surface area contributed by atoms with Crippen molar-refractivity contribution in [2.75, 3.05) is 0 Å². The van der Waals surface area contributed by atoms with Gasteiger partial charge in [-0.15, -0.1) is 0 Å². The summed E-state index contributed by atoms with van der Waals surface area (Å²) in [7, 11) is 0. The number of hydrogen-bond acceptors (Lipinski definition) is 3. The summed E-state index contributed by atoms with van der Waals surface area (Å²) >= 11 is 0. The van der Waals surface area contributed by atoms with Crippen molar-refractivity contribution in [1.82, 2.24) is 9.97 Å². The van der Waals surface area contributed by atoms with Gasteiger partial charge < -0.3 is 5.73 Å². The first-order valence-corrected chi connectivity index (χ1v) is 5.58. The molecule has 2 N–H and O–H groups in total. The highest BCUT2D eigenvalue weighted by molar-refractivity contribution is 5.20. The lowest BCUT2D eigenvalue weighted by atomic mass is 10.0. The van der Waals surface area contributed by atoms with Crippen LogP contribution in [0, 0.1) is 0 Å². The summed E-state index contributed by atoms with van der Waals surface area (Å²) in [5, 5.41) is 0. The zero-order valence-corrected chi connectivity index (χ0v) is 8.89. The summed E-state index contributed by atoms with van der Waals surface area (Å²) in [6, 6.07) is -0.0585. The van der Waals surface area contributed by atoms with Crippen molar-refractivity contribution in [3.8, 4) is 0 Å². The maximum Gasteiger partial charge on any atom is 0.0795 e. The van der Waals surface area contributed by atoms with Crippen LogP contribution in [0.3, 0.4) is 0 Å². The van der Waals surface area contributed by atoms with Crippen LogP contribution in [0.4, 0.5) is 0 Å². The molecule has 0 radical (unpaired) electrons. The van der Waals surface area contributed by atoms with E-state index >= 15 is 0 Å². The van der Waals surface area contributed by atoms with Crippen LogP contribution in [-0.2, 0) is 0 Å². The van der Waals surface area contributed by atoms with Crippen molar-refractivity contribution < 1.29 is 0 Å². The Morgan fingerprint density at radius 1 is 1.20 bits per heavy atom. The molecule has 1 heterocycles. The fourth-order valence-electron chi connectivity index (χ4n) is 1.98.